The highest BCUT2D eigenvalue weighted by molar-refractivity contribution is 9.10. The maximum absolute atomic E-state index is 12.5. The Bertz CT molecular complexity index is 837. The van der Waals surface area contributed by atoms with Crippen molar-refractivity contribution < 1.29 is 9.53 Å². The van der Waals surface area contributed by atoms with Crippen LogP contribution in [0.1, 0.15) is 15.9 Å². The molecular weight excluding hydrogens is 382 g/mol. The zero-order valence-electron chi connectivity index (χ0n) is 13.6. The van der Waals surface area contributed by atoms with Crippen LogP contribution in [-0.2, 0) is 6.54 Å². The Kier molecular flexibility index (Phi) is 5.40. The van der Waals surface area contributed by atoms with Crippen LogP contribution < -0.4 is 4.74 Å². The van der Waals surface area contributed by atoms with E-state index in [0.29, 0.717) is 23.7 Å². The van der Waals surface area contributed by atoms with Gasteiger partial charge in [-0.1, -0.05) is 22.0 Å². The summed E-state index contributed by atoms with van der Waals surface area (Å²) in [6.07, 6.45) is 4.98. The van der Waals surface area contributed by atoms with Crippen molar-refractivity contribution in [3.63, 3.8) is 0 Å². The molecule has 3 rings (SSSR count). The van der Waals surface area contributed by atoms with Crippen molar-refractivity contribution in [3.05, 3.63) is 82.7 Å². The molecule has 0 spiro atoms. The van der Waals surface area contributed by atoms with Gasteiger partial charge in [0, 0.05) is 42.7 Å². The number of aromatic nitrogens is 2. The molecule has 0 aliphatic heterocycles. The third-order valence-electron chi connectivity index (χ3n) is 3.51. The van der Waals surface area contributed by atoms with Crippen LogP contribution in [0, 0.1) is 0 Å². The van der Waals surface area contributed by atoms with Gasteiger partial charge in [-0.25, -0.2) is 4.98 Å². The molecule has 0 fully saturated rings. The molecule has 0 saturated carbocycles. The highest BCUT2D eigenvalue weighted by Gasteiger charge is 2.13. The Morgan fingerprint density at radius 1 is 1.12 bits per heavy atom. The number of hydrogen-bond acceptors (Lipinski definition) is 4. The Hall–Kier alpha value is -2.73. The van der Waals surface area contributed by atoms with E-state index >= 15 is 0 Å². The van der Waals surface area contributed by atoms with E-state index in [4.69, 9.17) is 4.74 Å². The molecule has 0 aliphatic carbocycles. The number of hydrogen-bond donors (Lipinski definition) is 0. The number of benzene rings is 1. The van der Waals surface area contributed by atoms with Crippen LogP contribution in [0.25, 0.3) is 0 Å². The average molecular weight is 398 g/mol. The molecule has 1 aromatic carbocycles. The van der Waals surface area contributed by atoms with Crippen molar-refractivity contribution in [1.82, 2.24) is 14.9 Å². The van der Waals surface area contributed by atoms with E-state index in [2.05, 4.69) is 25.9 Å². The first-order chi connectivity index (χ1) is 12.1. The largest absolute Gasteiger partial charge is 0.439 e. The normalized spacial score (nSPS) is 10.3. The van der Waals surface area contributed by atoms with Gasteiger partial charge >= 0.3 is 0 Å². The second-order valence-electron chi connectivity index (χ2n) is 5.46. The first-order valence-corrected chi connectivity index (χ1v) is 8.45. The lowest BCUT2D eigenvalue weighted by atomic mass is 10.2. The van der Waals surface area contributed by atoms with Gasteiger partial charge in [0.1, 0.15) is 5.75 Å². The van der Waals surface area contributed by atoms with E-state index in [0.717, 1.165) is 10.0 Å². The lowest BCUT2D eigenvalue weighted by Crippen LogP contribution is -2.26. The molecule has 0 unspecified atom stereocenters. The van der Waals surface area contributed by atoms with Crippen molar-refractivity contribution in [2.24, 2.45) is 0 Å². The van der Waals surface area contributed by atoms with Crippen LogP contribution in [0.2, 0.25) is 0 Å². The minimum atomic E-state index is -0.105. The first-order valence-electron chi connectivity index (χ1n) is 7.65. The second kappa shape index (κ2) is 7.90. The van der Waals surface area contributed by atoms with Gasteiger partial charge in [0.25, 0.3) is 5.91 Å². The molecule has 0 radical (unpaired) electrons. The Balaban J connectivity index is 1.64. The predicted molar refractivity (Wildman–Crippen MR) is 98.5 cm³/mol. The molecule has 1 amide bonds. The maximum Gasteiger partial charge on any atom is 0.255 e. The summed E-state index contributed by atoms with van der Waals surface area (Å²) in [4.78, 5) is 22.4. The maximum atomic E-state index is 12.5. The summed E-state index contributed by atoms with van der Waals surface area (Å²) in [5, 5.41) is 0. The molecule has 2 heterocycles. The van der Waals surface area contributed by atoms with Gasteiger partial charge in [0.2, 0.25) is 5.88 Å². The summed E-state index contributed by atoms with van der Waals surface area (Å²) in [6, 6.07) is 14.6. The number of pyridine rings is 2. The summed E-state index contributed by atoms with van der Waals surface area (Å²) >= 11 is 3.38. The standard InChI is InChI=1S/C19H16BrN3O2/c1-23(13-14-3-2-10-21-11-14)19(24)15-4-9-18(22-12-15)25-17-7-5-16(20)6-8-17/h2-12H,13H2,1H3. The highest BCUT2D eigenvalue weighted by atomic mass is 79.9. The fraction of sp³-hybridized carbons (Fsp3) is 0.105. The van der Waals surface area contributed by atoms with Gasteiger partial charge in [0.15, 0.2) is 0 Å². The molecule has 0 aliphatic rings. The van der Waals surface area contributed by atoms with Crippen LogP contribution in [0.15, 0.2) is 71.6 Å². The fourth-order valence-electron chi connectivity index (χ4n) is 2.25. The summed E-state index contributed by atoms with van der Waals surface area (Å²) in [5.41, 5.74) is 1.48. The average Bonchev–Trinajstić information content (AvgIpc) is 2.64. The molecule has 0 atom stereocenters. The Labute approximate surface area is 154 Å². The number of amides is 1. The molecule has 0 N–H and O–H groups in total. The van der Waals surface area contributed by atoms with Crippen molar-refractivity contribution in [2.45, 2.75) is 6.54 Å². The Morgan fingerprint density at radius 3 is 2.56 bits per heavy atom. The third-order valence-corrected chi connectivity index (χ3v) is 4.04. The van der Waals surface area contributed by atoms with E-state index in [9.17, 15) is 4.79 Å². The van der Waals surface area contributed by atoms with Gasteiger partial charge in [-0.05, 0) is 42.0 Å². The molecule has 25 heavy (non-hydrogen) atoms. The van der Waals surface area contributed by atoms with E-state index in [-0.39, 0.29) is 5.91 Å². The van der Waals surface area contributed by atoms with Gasteiger partial charge in [-0.3, -0.25) is 9.78 Å². The van der Waals surface area contributed by atoms with Gasteiger partial charge < -0.3 is 9.64 Å². The molecule has 0 bridgehead atoms. The number of ether oxygens (including phenoxy) is 1. The van der Waals surface area contributed by atoms with Crippen LogP contribution in [0.3, 0.4) is 0 Å². The quantitative estimate of drug-likeness (QED) is 0.643. The van der Waals surface area contributed by atoms with Crippen LogP contribution >= 0.6 is 15.9 Å². The number of halogens is 1. The zero-order valence-corrected chi connectivity index (χ0v) is 15.2. The van der Waals surface area contributed by atoms with Crippen LogP contribution in [0.4, 0.5) is 0 Å². The number of rotatable bonds is 5. The molecule has 6 heteroatoms. The molecule has 126 valence electrons. The second-order valence-corrected chi connectivity index (χ2v) is 6.38. The zero-order chi connectivity index (χ0) is 17.6. The summed E-state index contributed by atoms with van der Waals surface area (Å²) in [5.74, 6) is 1.02. The highest BCUT2D eigenvalue weighted by Crippen LogP contribution is 2.22. The van der Waals surface area contributed by atoms with Crippen LogP contribution in [0.5, 0.6) is 11.6 Å². The van der Waals surface area contributed by atoms with Gasteiger partial charge in [-0.2, -0.15) is 0 Å². The van der Waals surface area contributed by atoms with Crippen molar-refractivity contribution in [2.75, 3.05) is 7.05 Å². The summed E-state index contributed by atoms with van der Waals surface area (Å²) in [7, 11) is 1.75. The van der Waals surface area contributed by atoms with E-state index < -0.39 is 0 Å². The minimum absolute atomic E-state index is 0.105. The lowest BCUT2D eigenvalue weighted by molar-refractivity contribution is 0.0784. The van der Waals surface area contributed by atoms with Gasteiger partial charge in [-0.15, -0.1) is 0 Å². The molecule has 3 aromatic rings. The van der Waals surface area contributed by atoms with Gasteiger partial charge in [0.05, 0.1) is 5.56 Å². The SMILES string of the molecule is CN(Cc1cccnc1)C(=O)c1ccc(Oc2ccc(Br)cc2)nc1. The van der Waals surface area contributed by atoms with Crippen molar-refractivity contribution >= 4 is 21.8 Å². The fourth-order valence-corrected chi connectivity index (χ4v) is 2.51. The summed E-state index contributed by atoms with van der Waals surface area (Å²) in [6.45, 7) is 0.490. The van der Waals surface area contributed by atoms with E-state index in [1.165, 1.54) is 6.20 Å². The molecular formula is C19H16BrN3O2. The topological polar surface area (TPSA) is 55.3 Å². The number of carbonyl (C=O) groups excluding carboxylic acids is 1. The Morgan fingerprint density at radius 2 is 1.92 bits per heavy atom. The molecule has 2 aromatic heterocycles. The monoisotopic (exact) mass is 397 g/mol. The van der Waals surface area contributed by atoms with E-state index in [1.807, 2.05) is 36.4 Å². The van der Waals surface area contributed by atoms with Crippen molar-refractivity contribution in [1.29, 1.82) is 0 Å². The minimum Gasteiger partial charge on any atom is -0.439 e. The summed E-state index contributed by atoms with van der Waals surface area (Å²) < 4.78 is 6.64. The lowest BCUT2D eigenvalue weighted by Gasteiger charge is -2.17. The molecule has 5 nitrogen and oxygen atoms in total. The van der Waals surface area contributed by atoms with Crippen molar-refractivity contribution in [3.8, 4) is 11.6 Å². The molecule has 0 saturated heterocycles. The number of carbonyl (C=O) groups is 1. The van der Waals surface area contributed by atoms with E-state index in [1.54, 1.807) is 36.5 Å². The van der Waals surface area contributed by atoms with Crippen LogP contribution in [-0.4, -0.2) is 27.8 Å². The first kappa shape index (κ1) is 17.1. The predicted octanol–water partition coefficient (Wildman–Crippen LogP) is 4.30. The number of nitrogens with zero attached hydrogens (tertiary/aromatic N) is 3. The smallest absolute Gasteiger partial charge is 0.255 e. The third kappa shape index (κ3) is 4.64.